The Kier molecular flexibility index (Phi) is 7.95. The number of para-hydroxylation sites is 4. The number of rotatable bonds is 6. The molecular weight excluding hydrogens is 706 g/mol. The molecule has 0 fully saturated rings. The Morgan fingerprint density at radius 2 is 0.593 bits per heavy atom. The highest BCUT2D eigenvalue weighted by Crippen LogP contribution is 2.75. The lowest BCUT2D eigenvalue weighted by atomic mass is 10.1. The molecule has 8 nitrogen and oxygen atoms in total. The van der Waals surface area contributed by atoms with Crippen LogP contribution in [0.2, 0.25) is 0 Å². The minimum absolute atomic E-state index is 0.467. The van der Waals surface area contributed by atoms with E-state index < -0.39 is 14.9 Å². The van der Waals surface area contributed by atoms with Crippen molar-refractivity contribution in [3.63, 3.8) is 0 Å². The van der Waals surface area contributed by atoms with Gasteiger partial charge in [-0.25, -0.2) is 0 Å². The molecule has 9 rings (SSSR count). The fourth-order valence-electron chi connectivity index (χ4n) is 7.38. The molecule has 10 heteroatoms. The summed E-state index contributed by atoms with van der Waals surface area (Å²) in [7, 11) is -7.57. The van der Waals surface area contributed by atoms with Crippen molar-refractivity contribution in [1.82, 2.24) is 0 Å². The average molecular weight is 737 g/mol. The molecule has 0 N–H and O–H groups in total. The van der Waals surface area contributed by atoms with Crippen molar-refractivity contribution >= 4 is 71.0 Å². The molecule has 54 heavy (non-hydrogen) atoms. The summed E-state index contributed by atoms with van der Waals surface area (Å²) in [6.45, 7) is 0. The molecule has 0 spiro atoms. The first-order chi connectivity index (χ1) is 26.5. The predicted octanol–water partition coefficient (Wildman–Crippen LogP) is 11.0. The van der Waals surface area contributed by atoms with E-state index in [1.807, 2.05) is 152 Å². The quantitative estimate of drug-likeness (QED) is 0.156. The molecule has 258 valence electrons. The Hall–Kier alpha value is -6.82. The molecule has 0 bridgehead atoms. The predicted molar refractivity (Wildman–Crippen MR) is 218 cm³/mol. The van der Waals surface area contributed by atoms with Crippen molar-refractivity contribution in [3.05, 3.63) is 193 Å². The van der Waals surface area contributed by atoms with E-state index in [1.165, 1.54) is 0 Å². The van der Waals surface area contributed by atoms with Crippen LogP contribution in [0.5, 0.6) is 0 Å². The summed E-state index contributed by atoms with van der Waals surface area (Å²) in [6.07, 6.45) is 0. The van der Waals surface area contributed by atoms with Gasteiger partial charge in [0, 0.05) is 22.7 Å². The molecule has 0 radical (unpaired) electrons. The van der Waals surface area contributed by atoms with E-state index in [4.69, 9.17) is 0 Å². The van der Waals surface area contributed by atoms with E-state index in [0.717, 1.165) is 0 Å². The van der Waals surface area contributed by atoms with Gasteiger partial charge in [0.15, 0.2) is 0 Å². The summed E-state index contributed by atoms with van der Waals surface area (Å²) in [5.41, 5.74) is 6.44. The monoisotopic (exact) mass is 736 g/mol. The lowest BCUT2D eigenvalue weighted by Crippen LogP contribution is -2.27. The molecule has 0 aromatic heterocycles. The molecule has 7 aromatic rings. The minimum atomic E-state index is -3.79. The minimum Gasteiger partial charge on any atom is -0.270 e. The first-order valence-corrected chi connectivity index (χ1v) is 20.5. The topological polar surface area (TPSA) is 94.7 Å². The number of fused-ring (bicyclic) bond motifs is 2. The van der Waals surface area contributed by atoms with E-state index in [9.17, 15) is 10.5 Å². The van der Waals surface area contributed by atoms with Crippen LogP contribution in [-0.2, 0) is 9.13 Å². The highest BCUT2D eigenvalue weighted by atomic mass is 31.2. The number of anilines is 8. The van der Waals surface area contributed by atoms with Crippen molar-refractivity contribution in [3.8, 4) is 12.1 Å². The van der Waals surface area contributed by atoms with E-state index in [-0.39, 0.29) is 0 Å². The Labute approximate surface area is 313 Å². The van der Waals surface area contributed by atoms with Gasteiger partial charge in [0.1, 0.15) is 0 Å². The smallest absolute Gasteiger partial charge is 0.270 e. The third-order valence-electron chi connectivity index (χ3n) is 9.74. The van der Waals surface area contributed by atoms with Crippen molar-refractivity contribution < 1.29 is 9.13 Å². The number of nitrogens with zero attached hydrogens (tertiary/aromatic N) is 6. The number of benzene rings is 7. The van der Waals surface area contributed by atoms with Gasteiger partial charge in [0.25, 0.3) is 0 Å². The van der Waals surface area contributed by atoms with Gasteiger partial charge in [0.2, 0.25) is 0 Å². The summed E-state index contributed by atoms with van der Waals surface area (Å²) < 4.78 is 40.5. The van der Waals surface area contributed by atoms with Crippen LogP contribution in [0.25, 0.3) is 0 Å². The Bertz CT molecular complexity index is 2390. The largest absolute Gasteiger partial charge is 0.301 e. The van der Waals surface area contributed by atoms with Gasteiger partial charge in [-0.2, -0.15) is 10.5 Å². The van der Waals surface area contributed by atoms with E-state index >= 15 is 9.13 Å². The van der Waals surface area contributed by atoms with Crippen molar-refractivity contribution in [2.75, 3.05) is 18.7 Å². The van der Waals surface area contributed by atoms with Gasteiger partial charge >= 0.3 is 14.9 Å². The van der Waals surface area contributed by atoms with Crippen LogP contribution in [0.15, 0.2) is 182 Å². The molecule has 0 saturated heterocycles. The zero-order valence-corrected chi connectivity index (χ0v) is 30.5. The third kappa shape index (κ3) is 4.97. The summed E-state index contributed by atoms with van der Waals surface area (Å²) in [5.74, 6) is 0. The van der Waals surface area contributed by atoms with Crippen LogP contribution in [0.1, 0.15) is 11.1 Å². The standard InChI is InChI=1S/C44H30N6O2P2/c45-31-33-21-25-39(26-22-33)53(51)47(35-13-5-1-6-14-35)41-29-43-44(30-42(41)48(53)36-15-7-2-8-16-36)50(38-19-11-4-12-20-38)54(52,40-27-23-34(32-46)24-28-40)49(43)37-17-9-3-10-18-37/h1-30H. The van der Waals surface area contributed by atoms with Gasteiger partial charge in [0.05, 0.1) is 56.6 Å². The first kappa shape index (κ1) is 33.0. The Morgan fingerprint density at radius 1 is 0.352 bits per heavy atom. The summed E-state index contributed by atoms with van der Waals surface area (Å²) in [4.78, 5) is 0. The Morgan fingerprint density at radius 3 is 0.815 bits per heavy atom. The maximum Gasteiger partial charge on any atom is 0.301 e. The molecule has 0 aliphatic carbocycles. The van der Waals surface area contributed by atoms with Crippen LogP contribution in [-0.4, -0.2) is 0 Å². The van der Waals surface area contributed by atoms with E-state index in [1.54, 1.807) is 48.5 Å². The summed E-state index contributed by atoms with van der Waals surface area (Å²) in [6, 6.07) is 60.9. The summed E-state index contributed by atoms with van der Waals surface area (Å²) >= 11 is 0. The maximum atomic E-state index is 16.4. The van der Waals surface area contributed by atoms with E-state index in [0.29, 0.717) is 67.2 Å². The highest BCUT2D eigenvalue weighted by molar-refractivity contribution is 7.76. The molecule has 0 amide bonds. The number of hydrogen-bond acceptors (Lipinski definition) is 4. The second kappa shape index (κ2) is 13.0. The van der Waals surface area contributed by atoms with Crippen LogP contribution in [0, 0.1) is 22.7 Å². The molecule has 0 atom stereocenters. The van der Waals surface area contributed by atoms with Gasteiger partial charge in [-0.15, -0.1) is 0 Å². The third-order valence-corrected chi connectivity index (χ3v) is 15.6. The molecule has 7 aromatic carbocycles. The molecule has 0 unspecified atom stereocenters. The zero-order chi connectivity index (χ0) is 36.9. The van der Waals surface area contributed by atoms with Crippen LogP contribution < -0.4 is 29.3 Å². The SMILES string of the molecule is N#Cc1ccc(P2(=O)N(c3ccccc3)c3cc4c(cc3N2c2ccccc2)N(c2ccccc2)P(=O)(c2ccc(C#N)cc2)N4c2ccccc2)cc1. The van der Waals surface area contributed by atoms with E-state index in [2.05, 4.69) is 12.1 Å². The number of hydrogen-bond donors (Lipinski definition) is 0. The second-order valence-corrected chi connectivity index (χ2v) is 17.6. The maximum absolute atomic E-state index is 16.4. The fourth-order valence-corrected chi connectivity index (χ4v) is 13.3. The second-order valence-electron chi connectivity index (χ2n) is 12.8. The zero-order valence-electron chi connectivity index (χ0n) is 28.7. The van der Waals surface area contributed by atoms with Crippen LogP contribution >= 0.6 is 14.9 Å². The van der Waals surface area contributed by atoms with Gasteiger partial charge in [-0.1, -0.05) is 72.8 Å². The Balaban J connectivity index is 1.39. The van der Waals surface area contributed by atoms with Crippen molar-refractivity contribution in [2.45, 2.75) is 0 Å². The molecule has 2 aliphatic heterocycles. The molecular formula is C44H30N6O2P2. The van der Waals surface area contributed by atoms with Gasteiger partial charge < -0.3 is 0 Å². The molecule has 0 saturated carbocycles. The molecule has 2 heterocycles. The highest BCUT2D eigenvalue weighted by Gasteiger charge is 2.54. The van der Waals surface area contributed by atoms with Crippen molar-refractivity contribution in [1.29, 1.82) is 10.5 Å². The fraction of sp³-hybridized carbons (Fsp3) is 0. The lowest BCUT2D eigenvalue weighted by Gasteiger charge is -2.34. The average Bonchev–Trinajstić information content (AvgIpc) is 3.65. The normalized spacial score (nSPS) is 14.9. The summed E-state index contributed by atoms with van der Waals surface area (Å²) in [5, 5.41) is 20.4. The van der Waals surface area contributed by atoms with Crippen LogP contribution in [0.4, 0.5) is 45.5 Å². The molecule has 2 aliphatic rings. The van der Waals surface area contributed by atoms with Gasteiger partial charge in [-0.3, -0.25) is 27.8 Å². The lowest BCUT2D eigenvalue weighted by molar-refractivity contribution is 0.582. The van der Waals surface area contributed by atoms with Gasteiger partial charge in [-0.05, 0) is 109 Å². The first-order valence-electron chi connectivity index (χ1n) is 17.3. The number of nitriles is 2. The van der Waals surface area contributed by atoms with Crippen LogP contribution in [0.3, 0.4) is 0 Å². The van der Waals surface area contributed by atoms with Crippen molar-refractivity contribution in [2.24, 2.45) is 0 Å².